The Morgan fingerprint density at radius 3 is 2.48 bits per heavy atom. The van der Waals surface area contributed by atoms with Crippen LogP contribution in [-0.4, -0.2) is 36.8 Å². The first-order chi connectivity index (χ1) is 13.9. The Balaban J connectivity index is 1.86. The Hall–Kier alpha value is -2.14. The molecule has 0 saturated heterocycles. The molecule has 0 aliphatic rings. The van der Waals surface area contributed by atoms with Gasteiger partial charge in [-0.1, -0.05) is 59.8 Å². The van der Waals surface area contributed by atoms with Crippen molar-refractivity contribution < 1.29 is 13.2 Å². The van der Waals surface area contributed by atoms with Crippen LogP contribution in [0.4, 0.5) is 10.8 Å². The summed E-state index contributed by atoms with van der Waals surface area (Å²) in [6.45, 7) is 1.58. The van der Waals surface area contributed by atoms with Gasteiger partial charge in [-0.15, -0.1) is 10.2 Å². The molecule has 3 aromatic rings. The van der Waals surface area contributed by atoms with E-state index >= 15 is 0 Å². The van der Waals surface area contributed by atoms with Crippen LogP contribution in [0.5, 0.6) is 0 Å². The summed E-state index contributed by atoms with van der Waals surface area (Å²) in [5, 5.41) is 11.3. The van der Waals surface area contributed by atoms with Crippen LogP contribution in [0, 0.1) is 0 Å². The van der Waals surface area contributed by atoms with Crippen LogP contribution in [0.25, 0.3) is 0 Å². The molecule has 152 valence electrons. The maximum absolute atomic E-state index is 13.2. The predicted octanol–water partition coefficient (Wildman–Crippen LogP) is 4.14. The molecule has 0 unspecified atom stereocenters. The van der Waals surface area contributed by atoms with E-state index in [1.165, 1.54) is 47.4 Å². The van der Waals surface area contributed by atoms with E-state index in [-0.39, 0.29) is 4.90 Å². The Morgan fingerprint density at radius 1 is 1.14 bits per heavy atom. The van der Waals surface area contributed by atoms with E-state index in [4.69, 9.17) is 11.6 Å². The highest BCUT2D eigenvalue weighted by molar-refractivity contribution is 8.01. The average Bonchev–Trinajstić information content (AvgIpc) is 3.14. The lowest BCUT2D eigenvalue weighted by molar-refractivity contribution is -0.114. The summed E-state index contributed by atoms with van der Waals surface area (Å²) in [6, 6.07) is 14.2. The number of benzene rings is 2. The first-order valence-electron chi connectivity index (χ1n) is 8.49. The summed E-state index contributed by atoms with van der Waals surface area (Å²) in [7, 11) is -3.98. The van der Waals surface area contributed by atoms with Crippen molar-refractivity contribution in [3.63, 3.8) is 0 Å². The number of hydrogen-bond acceptors (Lipinski definition) is 7. The third-order valence-corrected chi connectivity index (χ3v) is 7.55. The summed E-state index contributed by atoms with van der Waals surface area (Å²) < 4.78 is 28.2. The number of sulfonamides is 1. The van der Waals surface area contributed by atoms with E-state index < -0.39 is 22.5 Å². The number of thioether (sulfide) groups is 1. The molecule has 1 N–H and O–H groups in total. The van der Waals surface area contributed by atoms with Gasteiger partial charge < -0.3 is 0 Å². The molecule has 7 nitrogen and oxygen atoms in total. The van der Waals surface area contributed by atoms with Crippen molar-refractivity contribution in [2.75, 3.05) is 21.9 Å². The molecule has 11 heteroatoms. The second-order valence-corrected chi connectivity index (χ2v) is 10.4. The topological polar surface area (TPSA) is 92.3 Å². The van der Waals surface area contributed by atoms with Crippen LogP contribution < -0.4 is 9.62 Å². The van der Waals surface area contributed by atoms with Crippen LogP contribution >= 0.6 is 34.7 Å². The lowest BCUT2D eigenvalue weighted by Crippen LogP contribution is -2.38. The van der Waals surface area contributed by atoms with Crippen LogP contribution in [0.1, 0.15) is 6.92 Å². The van der Waals surface area contributed by atoms with Crippen molar-refractivity contribution in [1.82, 2.24) is 10.2 Å². The smallest absolute Gasteiger partial charge is 0.264 e. The number of carbonyl (C=O) groups is 1. The fourth-order valence-electron chi connectivity index (χ4n) is 2.37. The van der Waals surface area contributed by atoms with Gasteiger partial charge in [-0.05, 0) is 42.2 Å². The highest BCUT2D eigenvalue weighted by Crippen LogP contribution is 2.26. The van der Waals surface area contributed by atoms with Crippen LogP contribution in [0.3, 0.4) is 0 Å². The number of carbonyl (C=O) groups excluding carboxylic acids is 1. The molecule has 0 aliphatic carbocycles. The second-order valence-electron chi connectivity index (χ2n) is 5.66. The molecule has 0 spiro atoms. The molecule has 0 radical (unpaired) electrons. The first kappa shape index (κ1) is 21.6. The number of nitrogens with zero attached hydrogens (tertiary/aromatic N) is 3. The fraction of sp³-hybridized carbons (Fsp3) is 0.167. The lowest BCUT2D eigenvalue weighted by atomic mass is 10.3. The van der Waals surface area contributed by atoms with Gasteiger partial charge in [0.15, 0.2) is 4.34 Å². The highest BCUT2D eigenvalue weighted by atomic mass is 35.5. The molecular formula is C18H17ClN4O3S3. The number of nitrogens with one attached hydrogen (secondary N) is 1. The zero-order valence-corrected chi connectivity index (χ0v) is 18.5. The molecule has 1 heterocycles. The molecule has 0 aliphatic heterocycles. The quantitative estimate of drug-likeness (QED) is 0.394. The van der Waals surface area contributed by atoms with Crippen LogP contribution in [-0.2, 0) is 14.8 Å². The molecule has 0 saturated carbocycles. The fourth-order valence-corrected chi connectivity index (χ4v) is 5.59. The standard InChI is InChI=1S/C18H17ClN4O3S3/c1-2-27-18-22-21-17(28-18)20-16(24)12-23(14-6-4-3-5-7-14)29(25,26)15-10-8-13(19)9-11-15/h3-11H,2,12H2,1H3,(H,20,21,24). The van der Waals surface area contributed by atoms with Gasteiger partial charge in [-0.3, -0.25) is 14.4 Å². The van der Waals surface area contributed by atoms with E-state index in [0.29, 0.717) is 15.8 Å². The third-order valence-electron chi connectivity index (χ3n) is 3.65. The Bertz CT molecular complexity index is 1070. The molecule has 0 bridgehead atoms. The summed E-state index contributed by atoms with van der Waals surface area (Å²) in [6.07, 6.45) is 0. The Labute approximate surface area is 182 Å². The molecule has 3 rings (SSSR count). The van der Waals surface area contributed by atoms with E-state index in [1.807, 2.05) is 6.92 Å². The number of halogens is 1. The zero-order valence-electron chi connectivity index (χ0n) is 15.3. The van der Waals surface area contributed by atoms with Gasteiger partial charge in [0, 0.05) is 5.02 Å². The molecule has 1 aromatic heterocycles. The number of para-hydroxylation sites is 1. The number of aromatic nitrogens is 2. The lowest BCUT2D eigenvalue weighted by Gasteiger charge is -2.23. The summed E-state index contributed by atoms with van der Waals surface area (Å²) >= 11 is 8.62. The molecule has 1 amide bonds. The first-order valence-corrected chi connectivity index (χ1v) is 12.1. The van der Waals surface area contributed by atoms with Crippen LogP contribution in [0.15, 0.2) is 63.8 Å². The number of rotatable bonds is 8. The minimum Gasteiger partial charge on any atom is -0.299 e. The van der Waals surface area contributed by atoms with Crippen molar-refractivity contribution in [2.24, 2.45) is 0 Å². The van der Waals surface area contributed by atoms with E-state index in [9.17, 15) is 13.2 Å². The van der Waals surface area contributed by atoms with Crippen molar-refractivity contribution >= 4 is 61.4 Å². The SMILES string of the molecule is CCSc1nnc(NC(=O)CN(c2ccccc2)S(=O)(=O)c2ccc(Cl)cc2)s1. The van der Waals surface area contributed by atoms with Gasteiger partial charge in [0.2, 0.25) is 11.0 Å². The van der Waals surface area contributed by atoms with Crippen molar-refractivity contribution in [1.29, 1.82) is 0 Å². The predicted molar refractivity (Wildman–Crippen MR) is 117 cm³/mol. The minimum absolute atomic E-state index is 0.0381. The zero-order chi connectivity index (χ0) is 20.9. The maximum Gasteiger partial charge on any atom is 0.264 e. The third kappa shape index (κ3) is 5.47. The molecule has 2 aromatic carbocycles. The Morgan fingerprint density at radius 2 is 1.83 bits per heavy atom. The van der Waals surface area contributed by atoms with Crippen molar-refractivity contribution in [2.45, 2.75) is 16.2 Å². The Kier molecular flexibility index (Phi) is 7.12. The number of amides is 1. The average molecular weight is 469 g/mol. The van der Waals surface area contributed by atoms with Gasteiger partial charge in [0.25, 0.3) is 10.0 Å². The number of hydrogen-bond donors (Lipinski definition) is 1. The van der Waals surface area contributed by atoms with Gasteiger partial charge >= 0.3 is 0 Å². The van der Waals surface area contributed by atoms with Gasteiger partial charge in [0.1, 0.15) is 6.54 Å². The molecular weight excluding hydrogens is 452 g/mol. The van der Waals surface area contributed by atoms with E-state index in [2.05, 4.69) is 15.5 Å². The molecule has 0 fully saturated rings. The van der Waals surface area contributed by atoms with Gasteiger partial charge in [-0.25, -0.2) is 8.42 Å². The minimum atomic E-state index is -3.98. The van der Waals surface area contributed by atoms with Crippen molar-refractivity contribution in [3.8, 4) is 0 Å². The van der Waals surface area contributed by atoms with E-state index in [0.717, 1.165) is 14.4 Å². The maximum atomic E-state index is 13.2. The van der Waals surface area contributed by atoms with Gasteiger partial charge in [0.05, 0.1) is 10.6 Å². The second kappa shape index (κ2) is 9.57. The van der Waals surface area contributed by atoms with Gasteiger partial charge in [-0.2, -0.15) is 0 Å². The monoisotopic (exact) mass is 468 g/mol. The van der Waals surface area contributed by atoms with Crippen molar-refractivity contribution in [3.05, 3.63) is 59.6 Å². The normalized spacial score (nSPS) is 11.2. The van der Waals surface area contributed by atoms with E-state index in [1.54, 1.807) is 30.3 Å². The highest BCUT2D eigenvalue weighted by Gasteiger charge is 2.27. The molecule has 29 heavy (non-hydrogen) atoms. The van der Waals surface area contributed by atoms with Crippen LogP contribution in [0.2, 0.25) is 5.02 Å². The summed E-state index contributed by atoms with van der Waals surface area (Å²) in [5.41, 5.74) is 0.372. The summed E-state index contributed by atoms with van der Waals surface area (Å²) in [4.78, 5) is 12.6. The summed E-state index contributed by atoms with van der Waals surface area (Å²) in [5.74, 6) is 0.319. The molecule has 0 atom stereocenters. The largest absolute Gasteiger partial charge is 0.299 e. The number of anilines is 2.